The Bertz CT molecular complexity index is 421. The number of likely N-dealkylation sites (tertiary alicyclic amines) is 1. The molecule has 2 aliphatic rings. The topological polar surface area (TPSA) is 39.5 Å². The minimum Gasteiger partial charge on any atom is -0.382 e. The molecule has 2 fully saturated rings. The smallest absolute Gasteiger partial charge is 0.0813 e. The van der Waals surface area contributed by atoms with Crippen molar-refractivity contribution in [2.24, 2.45) is 7.05 Å². The first kappa shape index (κ1) is 13.1. The van der Waals surface area contributed by atoms with Crippen LogP contribution < -0.4 is 0 Å². The molecule has 0 unspecified atom stereocenters. The van der Waals surface area contributed by atoms with E-state index < -0.39 is 0 Å². The molecule has 0 aromatic carbocycles. The van der Waals surface area contributed by atoms with Crippen LogP contribution in [0.4, 0.5) is 0 Å². The Balaban J connectivity index is 1.58. The van der Waals surface area contributed by atoms with Crippen molar-refractivity contribution in [3.05, 3.63) is 18.0 Å². The second-order valence-electron chi connectivity index (χ2n) is 5.68. The fourth-order valence-corrected chi connectivity index (χ4v) is 3.38. The third-order valence-electron chi connectivity index (χ3n) is 4.25. The third-order valence-corrected chi connectivity index (χ3v) is 4.25. The highest BCUT2D eigenvalue weighted by atomic mass is 16.5. The maximum absolute atomic E-state index is 6.14. The number of methoxy groups -OCH3 is 1. The fraction of sp³-hybridized carbons (Fsp3) is 0.786. The van der Waals surface area contributed by atoms with Crippen molar-refractivity contribution in [2.75, 3.05) is 20.3 Å². The van der Waals surface area contributed by atoms with Crippen molar-refractivity contribution in [1.29, 1.82) is 0 Å². The Kier molecular flexibility index (Phi) is 3.86. The minimum absolute atomic E-state index is 0.296. The summed E-state index contributed by atoms with van der Waals surface area (Å²) in [4.78, 5) is 2.55. The minimum atomic E-state index is 0.296. The van der Waals surface area contributed by atoms with Gasteiger partial charge in [-0.05, 0) is 19.3 Å². The zero-order valence-corrected chi connectivity index (χ0v) is 11.8. The molecule has 3 heterocycles. The zero-order valence-electron chi connectivity index (χ0n) is 11.8. The second-order valence-corrected chi connectivity index (χ2v) is 5.68. The van der Waals surface area contributed by atoms with Gasteiger partial charge in [0, 0.05) is 45.0 Å². The molecule has 5 heteroatoms. The molecule has 0 aliphatic carbocycles. The third kappa shape index (κ3) is 2.83. The predicted molar refractivity (Wildman–Crippen MR) is 71.8 cm³/mol. The van der Waals surface area contributed by atoms with Crippen LogP contribution >= 0.6 is 0 Å². The first-order valence-corrected chi connectivity index (χ1v) is 7.12. The van der Waals surface area contributed by atoms with Crippen LogP contribution in [-0.2, 0) is 23.1 Å². The zero-order chi connectivity index (χ0) is 13.2. The molecule has 1 aromatic heterocycles. The molecule has 0 radical (unpaired) electrons. The van der Waals surface area contributed by atoms with Crippen LogP contribution in [0.1, 0.15) is 24.8 Å². The lowest BCUT2D eigenvalue weighted by atomic mass is 9.99. The summed E-state index contributed by atoms with van der Waals surface area (Å²) < 4.78 is 13.2. The molecule has 1 aromatic rings. The average molecular weight is 265 g/mol. The highest BCUT2D eigenvalue weighted by molar-refractivity contribution is 5.05. The number of nitrogens with zero attached hydrogens (tertiary/aromatic N) is 3. The number of aryl methyl sites for hydroxylation is 1. The monoisotopic (exact) mass is 265 g/mol. The summed E-state index contributed by atoms with van der Waals surface area (Å²) in [5.74, 6) is 0. The number of aromatic nitrogens is 2. The molecule has 19 heavy (non-hydrogen) atoms. The van der Waals surface area contributed by atoms with E-state index in [0.29, 0.717) is 18.2 Å². The van der Waals surface area contributed by atoms with Gasteiger partial charge in [-0.15, -0.1) is 0 Å². The van der Waals surface area contributed by atoms with E-state index in [1.807, 2.05) is 17.9 Å². The molecule has 106 valence electrons. The SMILES string of the molecule is COC[C@H]1CC[C@H]2[C@H](CCN2Cc2cnn(C)c2)O1. The van der Waals surface area contributed by atoms with Gasteiger partial charge in [0.2, 0.25) is 0 Å². The molecule has 0 saturated carbocycles. The van der Waals surface area contributed by atoms with E-state index in [1.54, 1.807) is 7.11 Å². The maximum Gasteiger partial charge on any atom is 0.0813 e. The van der Waals surface area contributed by atoms with E-state index in [-0.39, 0.29) is 0 Å². The van der Waals surface area contributed by atoms with Crippen LogP contribution in [0, 0.1) is 0 Å². The molecule has 3 rings (SSSR count). The summed E-state index contributed by atoms with van der Waals surface area (Å²) in [5, 5.41) is 4.24. The Hall–Kier alpha value is -0.910. The predicted octanol–water partition coefficient (Wildman–Crippen LogP) is 1.19. The van der Waals surface area contributed by atoms with Gasteiger partial charge in [0.15, 0.2) is 0 Å². The van der Waals surface area contributed by atoms with Crippen LogP contribution in [0.2, 0.25) is 0 Å². The first-order valence-electron chi connectivity index (χ1n) is 7.12. The van der Waals surface area contributed by atoms with Gasteiger partial charge in [-0.25, -0.2) is 0 Å². The summed E-state index contributed by atoms with van der Waals surface area (Å²) in [6.45, 7) is 2.85. The van der Waals surface area contributed by atoms with Gasteiger partial charge in [0.25, 0.3) is 0 Å². The Morgan fingerprint density at radius 1 is 1.42 bits per heavy atom. The van der Waals surface area contributed by atoms with Crippen molar-refractivity contribution in [2.45, 2.75) is 44.1 Å². The fourth-order valence-electron chi connectivity index (χ4n) is 3.38. The first-order chi connectivity index (χ1) is 9.26. The van der Waals surface area contributed by atoms with Crippen molar-refractivity contribution < 1.29 is 9.47 Å². The highest BCUT2D eigenvalue weighted by Crippen LogP contribution is 2.32. The molecule has 0 bridgehead atoms. The van der Waals surface area contributed by atoms with E-state index in [0.717, 1.165) is 32.5 Å². The van der Waals surface area contributed by atoms with Crippen LogP contribution in [0.15, 0.2) is 12.4 Å². The summed E-state index contributed by atoms with van der Waals surface area (Å²) >= 11 is 0. The van der Waals surface area contributed by atoms with E-state index in [9.17, 15) is 0 Å². The van der Waals surface area contributed by atoms with Gasteiger partial charge < -0.3 is 9.47 Å². The maximum atomic E-state index is 6.14. The molecular weight excluding hydrogens is 242 g/mol. The Labute approximate surface area is 114 Å². The van der Waals surface area contributed by atoms with E-state index in [2.05, 4.69) is 16.2 Å². The van der Waals surface area contributed by atoms with Gasteiger partial charge in [-0.3, -0.25) is 9.58 Å². The van der Waals surface area contributed by atoms with Gasteiger partial charge in [-0.1, -0.05) is 0 Å². The summed E-state index contributed by atoms with van der Waals surface area (Å²) in [7, 11) is 3.72. The van der Waals surface area contributed by atoms with Gasteiger partial charge in [0.05, 0.1) is 25.0 Å². The largest absolute Gasteiger partial charge is 0.382 e. The molecule has 2 aliphatic heterocycles. The summed E-state index contributed by atoms with van der Waals surface area (Å²) in [5.41, 5.74) is 1.29. The number of ether oxygens (including phenoxy) is 2. The molecule has 5 nitrogen and oxygen atoms in total. The average Bonchev–Trinajstić information content (AvgIpc) is 2.97. The van der Waals surface area contributed by atoms with Crippen molar-refractivity contribution >= 4 is 0 Å². The number of fused-ring (bicyclic) bond motifs is 1. The summed E-state index contributed by atoms with van der Waals surface area (Å²) in [6.07, 6.45) is 8.23. The van der Waals surface area contributed by atoms with E-state index in [4.69, 9.17) is 9.47 Å². The standard InChI is InChI=1S/C14H23N3O2/c1-16-8-11(7-15-16)9-17-6-5-14-13(17)4-3-12(19-14)10-18-2/h7-8,12-14H,3-6,9-10H2,1-2H3/t12-,13+,14+/m1/s1. The van der Waals surface area contributed by atoms with Gasteiger partial charge in [-0.2, -0.15) is 5.10 Å². The van der Waals surface area contributed by atoms with Crippen LogP contribution in [0.25, 0.3) is 0 Å². The van der Waals surface area contributed by atoms with Crippen LogP contribution in [0.3, 0.4) is 0 Å². The van der Waals surface area contributed by atoms with E-state index >= 15 is 0 Å². The highest BCUT2D eigenvalue weighted by Gasteiger charge is 2.39. The normalized spacial score (nSPS) is 31.6. The van der Waals surface area contributed by atoms with E-state index in [1.165, 1.54) is 12.0 Å². The van der Waals surface area contributed by atoms with Gasteiger partial charge >= 0.3 is 0 Å². The van der Waals surface area contributed by atoms with Crippen molar-refractivity contribution in [3.8, 4) is 0 Å². The lowest BCUT2D eigenvalue weighted by Gasteiger charge is -2.35. The lowest BCUT2D eigenvalue weighted by Crippen LogP contribution is -2.43. The van der Waals surface area contributed by atoms with Crippen molar-refractivity contribution in [1.82, 2.24) is 14.7 Å². The molecule has 0 amide bonds. The van der Waals surface area contributed by atoms with Crippen LogP contribution in [0.5, 0.6) is 0 Å². The second kappa shape index (κ2) is 5.61. The number of rotatable bonds is 4. The summed E-state index contributed by atoms with van der Waals surface area (Å²) in [6, 6.07) is 0.577. The molecule has 2 saturated heterocycles. The quantitative estimate of drug-likeness (QED) is 0.820. The number of hydrogen-bond donors (Lipinski definition) is 0. The van der Waals surface area contributed by atoms with Crippen LogP contribution in [-0.4, -0.2) is 53.2 Å². The molecule has 0 spiro atoms. The molecule has 3 atom stereocenters. The molecular formula is C14H23N3O2. The number of hydrogen-bond acceptors (Lipinski definition) is 4. The Morgan fingerprint density at radius 2 is 2.32 bits per heavy atom. The Morgan fingerprint density at radius 3 is 3.05 bits per heavy atom. The van der Waals surface area contributed by atoms with Crippen molar-refractivity contribution in [3.63, 3.8) is 0 Å². The van der Waals surface area contributed by atoms with Gasteiger partial charge in [0.1, 0.15) is 0 Å². The molecule has 0 N–H and O–H groups in total. The lowest BCUT2D eigenvalue weighted by molar-refractivity contribution is -0.0938.